The molecular formula is C29H28ClN7O2S. The van der Waals surface area contributed by atoms with Gasteiger partial charge in [0.25, 0.3) is 0 Å². The number of thioether (sulfide) groups is 1. The maximum absolute atomic E-state index is 13.4. The Morgan fingerprint density at radius 3 is 2.52 bits per heavy atom. The maximum Gasteiger partial charge on any atom is 0.247 e. The van der Waals surface area contributed by atoms with Crippen LogP contribution in [0.5, 0.6) is 0 Å². The zero-order chi connectivity index (χ0) is 27.7. The number of hydrogen-bond acceptors (Lipinski definition) is 7. The molecule has 0 aliphatic carbocycles. The molecule has 1 aromatic heterocycles. The van der Waals surface area contributed by atoms with Gasteiger partial charge < -0.3 is 15.5 Å². The van der Waals surface area contributed by atoms with Crippen molar-refractivity contribution in [2.45, 2.75) is 12.5 Å². The van der Waals surface area contributed by atoms with Crippen LogP contribution >= 0.6 is 23.4 Å². The number of carbonyl (C=O) groups excluding carboxylic acids is 2. The minimum Gasteiger partial charge on any atom is -0.370 e. The molecule has 0 unspecified atom stereocenters. The Hall–Kier alpha value is -4.15. The molecule has 40 heavy (non-hydrogen) atoms. The lowest BCUT2D eigenvalue weighted by molar-refractivity contribution is -0.123. The monoisotopic (exact) mass is 573 g/mol. The highest BCUT2D eigenvalue weighted by Crippen LogP contribution is 2.22. The highest BCUT2D eigenvalue weighted by molar-refractivity contribution is 7.99. The molecule has 0 saturated carbocycles. The first-order valence-electron chi connectivity index (χ1n) is 12.8. The standard InChI is InChI=1S/C29H28ClN7O2S/c30-23-7-12-27(37-20-31-34-35-37)22(19-23)6-13-28(38)33-26(18-21-4-2-1-3-5-21)29(39)32-24-8-10-25(11-9-24)36-14-16-40-17-15-36/h1-13,19-20,26H,14-18H2,(H,32,39)(H,33,38)/t26-/m0/s1. The Balaban J connectivity index is 1.29. The number of halogens is 1. The van der Waals surface area contributed by atoms with Crippen LogP contribution in [-0.4, -0.2) is 62.7 Å². The fraction of sp³-hybridized carbons (Fsp3) is 0.207. The van der Waals surface area contributed by atoms with E-state index in [2.05, 4.69) is 31.1 Å². The fourth-order valence-electron chi connectivity index (χ4n) is 4.39. The molecule has 5 rings (SSSR count). The molecule has 2 amide bonds. The SMILES string of the molecule is O=C(C=Cc1cc(Cl)ccc1-n1cnnn1)N[C@@H](Cc1ccccc1)C(=O)Nc1ccc(N2CCSCC2)cc1. The number of anilines is 2. The average Bonchev–Trinajstić information content (AvgIpc) is 3.52. The van der Waals surface area contributed by atoms with Gasteiger partial charge in [-0.1, -0.05) is 41.9 Å². The van der Waals surface area contributed by atoms with Gasteiger partial charge in [-0.15, -0.1) is 5.10 Å². The zero-order valence-electron chi connectivity index (χ0n) is 21.6. The van der Waals surface area contributed by atoms with Crippen molar-refractivity contribution in [1.29, 1.82) is 0 Å². The number of rotatable bonds is 9. The first-order chi connectivity index (χ1) is 19.5. The lowest BCUT2D eigenvalue weighted by atomic mass is 10.0. The molecule has 9 nitrogen and oxygen atoms in total. The second kappa shape index (κ2) is 13.3. The van der Waals surface area contributed by atoms with E-state index in [9.17, 15) is 9.59 Å². The molecular weight excluding hydrogens is 546 g/mol. The van der Waals surface area contributed by atoms with Gasteiger partial charge in [0, 0.05) is 59.1 Å². The van der Waals surface area contributed by atoms with Gasteiger partial charge in [-0.25, -0.2) is 0 Å². The first kappa shape index (κ1) is 27.4. The van der Waals surface area contributed by atoms with E-state index in [1.54, 1.807) is 24.3 Å². The van der Waals surface area contributed by atoms with Crippen molar-refractivity contribution in [3.05, 3.63) is 101 Å². The predicted molar refractivity (Wildman–Crippen MR) is 160 cm³/mol. The van der Waals surface area contributed by atoms with Gasteiger partial charge in [0.05, 0.1) is 5.69 Å². The normalized spacial score (nSPS) is 14.2. The van der Waals surface area contributed by atoms with E-state index in [1.807, 2.05) is 66.4 Å². The van der Waals surface area contributed by atoms with E-state index in [1.165, 1.54) is 17.1 Å². The number of hydrogen-bond donors (Lipinski definition) is 2. The van der Waals surface area contributed by atoms with E-state index < -0.39 is 11.9 Å². The van der Waals surface area contributed by atoms with E-state index >= 15 is 0 Å². The zero-order valence-corrected chi connectivity index (χ0v) is 23.2. The summed E-state index contributed by atoms with van der Waals surface area (Å²) >= 11 is 8.15. The van der Waals surface area contributed by atoms with E-state index in [0.717, 1.165) is 35.8 Å². The molecule has 1 aliphatic rings. The molecule has 11 heteroatoms. The lowest BCUT2D eigenvalue weighted by Gasteiger charge is -2.28. The second-order valence-corrected chi connectivity index (χ2v) is 10.8. The minimum atomic E-state index is -0.795. The van der Waals surface area contributed by atoms with Gasteiger partial charge in [-0.05, 0) is 64.5 Å². The van der Waals surface area contributed by atoms with Gasteiger partial charge in [-0.2, -0.15) is 16.4 Å². The van der Waals surface area contributed by atoms with Crippen molar-refractivity contribution < 1.29 is 9.59 Å². The molecule has 1 fully saturated rings. The van der Waals surface area contributed by atoms with Crippen LogP contribution < -0.4 is 15.5 Å². The van der Waals surface area contributed by atoms with Gasteiger partial charge in [-0.3, -0.25) is 9.59 Å². The van der Waals surface area contributed by atoms with Gasteiger partial charge in [0.2, 0.25) is 11.8 Å². The minimum absolute atomic E-state index is 0.301. The molecule has 204 valence electrons. The molecule has 1 aliphatic heterocycles. The molecule has 0 bridgehead atoms. The molecule has 0 spiro atoms. The van der Waals surface area contributed by atoms with Gasteiger partial charge in [0.1, 0.15) is 12.4 Å². The van der Waals surface area contributed by atoms with Crippen molar-refractivity contribution in [2.24, 2.45) is 0 Å². The molecule has 1 saturated heterocycles. The number of amides is 2. The van der Waals surface area contributed by atoms with Crippen molar-refractivity contribution in [3.63, 3.8) is 0 Å². The third kappa shape index (κ3) is 7.28. The Labute approximate surface area is 241 Å². The Morgan fingerprint density at radius 1 is 1.02 bits per heavy atom. The van der Waals surface area contributed by atoms with Crippen LogP contribution in [0.2, 0.25) is 5.02 Å². The van der Waals surface area contributed by atoms with Crippen LogP contribution in [0, 0.1) is 0 Å². The van der Waals surface area contributed by atoms with Crippen LogP contribution in [0.1, 0.15) is 11.1 Å². The molecule has 2 heterocycles. The predicted octanol–water partition coefficient (Wildman–Crippen LogP) is 4.25. The van der Waals surface area contributed by atoms with Crippen molar-refractivity contribution in [1.82, 2.24) is 25.5 Å². The number of carbonyl (C=O) groups is 2. The molecule has 0 radical (unpaired) electrons. The highest BCUT2D eigenvalue weighted by atomic mass is 35.5. The number of aromatic nitrogens is 4. The molecule has 4 aromatic rings. The van der Waals surface area contributed by atoms with Crippen LogP contribution in [-0.2, 0) is 16.0 Å². The van der Waals surface area contributed by atoms with Crippen molar-refractivity contribution in [3.8, 4) is 5.69 Å². The van der Waals surface area contributed by atoms with E-state index in [4.69, 9.17) is 11.6 Å². The summed E-state index contributed by atoms with van der Waals surface area (Å²) in [4.78, 5) is 28.7. The summed E-state index contributed by atoms with van der Waals surface area (Å²) in [5.41, 5.74) is 4.05. The van der Waals surface area contributed by atoms with Crippen molar-refractivity contribution >= 4 is 52.6 Å². The Kier molecular flexibility index (Phi) is 9.10. The lowest BCUT2D eigenvalue weighted by Crippen LogP contribution is -2.44. The van der Waals surface area contributed by atoms with Crippen LogP contribution in [0.15, 0.2) is 85.2 Å². The van der Waals surface area contributed by atoms with Gasteiger partial charge >= 0.3 is 0 Å². The van der Waals surface area contributed by atoms with Crippen molar-refractivity contribution in [2.75, 3.05) is 34.8 Å². The van der Waals surface area contributed by atoms with Crippen LogP contribution in [0.4, 0.5) is 11.4 Å². The summed E-state index contributed by atoms with van der Waals surface area (Å²) in [6.07, 6.45) is 4.78. The van der Waals surface area contributed by atoms with Crippen LogP contribution in [0.3, 0.4) is 0 Å². The first-order valence-corrected chi connectivity index (χ1v) is 14.4. The van der Waals surface area contributed by atoms with E-state index in [-0.39, 0.29) is 5.91 Å². The summed E-state index contributed by atoms with van der Waals surface area (Å²) in [5, 5.41) is 17.6. The largest absolute Gasteiger partial charge is 0.370 e. The summed E-state index contributed by atoms with van der Waals surface area (Å²) in [6, 6.07) is 21.8. The van der Waals surface area contributed by atoms with Crippen LogP contribution in [0.25, 0.3) is 11.8 Å². The quantitative estimate of drug-likeness (QED) is 0.288. The maximum atomic E-state index is 13.4. The fourth-order valence-corrected chi connectivity index (χ4v) is 5.47. The Morgan fingerprint density at radius 2 is 1.80 bits per heavy atom. The summed E-state index contributed by atoms with van der Waals surface area (Å²) in [7, 11) is 0. The number of nitrogens with one attached hydrogen (secondary N) is 2. The Bertz CT molecular complexity index is 1460. The number of nitrogens with zero attached hydrogens (tertiary/aromatic N) is 5. The molecule has 3 aromatic carbocycles. The second-order valence-electron chi connectivity index (χ2n) is 9.18. The smallest absolute Gasteiger partial charge is 0.247 e. The average molecular weight is 574 g/mol. The summed E-state index contributed by atoms with van der Waals surface area (Å²) < 4.78 is 1.48. The summed E-state index contributed by atoms with van der Waals surface area (Å²) in [6.45, 7) is 2.03. The van der Waals surface area contributed by atoms with Gasteiger partial charge in [0.15, 0.2) is 0 Å². The molecule has 2 N–H and O–H groups in total. The topological polar surface area (TPSA) is 105 Å². The number of tetrazole rings is 1. The molecule has 1 atom stereocenters. The third-order valence-corrected chi connectivity index (χ3v) is 7.60. The number of benzene rings is 3. The third-order valence-electron chi connectivity index (χ3n) is 6.43. The van der Waals surface area contributed by atoms with E-state index in [0.29, 0.717) is 28.4 Å². The highest BCUT2D eigenvalue weighted by Gasteiger charge is 2.21. The summed E-state index contributed by atoms with van der Waals surface area (Å²) in [5.74, 6) is 1.51.